The summed E-state index contributed by atoms with van der Waals surface area (Å²) in [5, 5.41) is 12.1. The highest BCUT2D eigenvalue weighted by molar-refractivity contribution is 5.81. The summed E-state index contributed by atoms with van der Waals surface area (Å²) in [6.45, 7) is 3.90. The molecule has 2 aromatic carbocycles. The molecule has 1 heterocycles. The highest BCUT2D eigenvalue weighted by atomic mass is 16.4. The van der Waals surface area contributed by atoms with Crippen LogP contribution in [0.5, 0.6) is 0 Å². The van der Waals surface area contributed by atoms with Crippen molar-refractivity contribution in [1.29, 1.82) is 0 Å². The van der Waals surface area contributed by atoms with E-state index in [-0.39, 0.29) is 6.42 Å². The van der Waals surface area contributed by atoms with Gasteiger partial charge >= 0.3 is 5.97 Å². The van der Waals surface area contributed by atoms with E-state index in [0.717, 1.165) is 22.3 Å². The fourth-order valence-electron chi connectivity index (χ4n) is 2.43. The zero-order chi connectivity index (χ0) is 15.7. The van der Waals surface area contributed by atoms with Crippen molar-refractivity contribution in [2.24, 2.45) is 0 Å². The minimum Gasteiger partial charge on any atom is -0.481 e. The number of nitrogens with one attached hydrogen (secondary N) is 1. The molecule has 0 spiro atoms. The van der Waals surface area contributed by atoms with Crippen molar-refractivity contribution in [3.05, 3.63) is 53.1 Å². The lowest BCUT2D eigenvalue weighted by Gasteiger charge is -2.04. The summed E-state index contributed by atoms with van der Waals surface area (Å²) in [6.07, 6.45) is -0.0297. The van der Waals surface area contributed by atoms with E-state index in [1.54, 1.807) is 6.07 Å². The standard InChI is InChI=1S/C17H16N2O3/c1-10-5-3-4-6-13(10)18-17-19-16-11(2)7-12(9-15(20)21)8-14(16)22-17/h3-8H,9H2,1-2H3,(H,18,19)(H,20,21). The molecule has 3 rings (SSSR count). The molecule has 5 heteroatoms. The summed E-state index contributed by atoms with van der Waals surface area (Å²) in [5.41, 5.74) is 4.95. The molecular weight excluding hydrogens is 280 g/mol. The first-order valence-corrected chi connectivity index (χ1v) is 6.97. The first-order chi connectivity index (χ1) is 10.5. The second-order valence-electron chi connectivity index (χ2n) is 5.29. The van der Waals surface area contributed by atoms with Gasteiger partial charge in [-0.15, -0.1) is 0 Å². The van der Waals surface area contributed by atoms with Crippen LogP contribution in [-0.2, 0) is 11.2 Å². The number of rotatable bonds is 4. The zero-order valence-corrected chi connectivity index (χ0v) is 12.4. The number of oxazole rings is 1. The molecule has 0 saturated carbocycles. The van der Waals surface area contributed by atoms with E-state index in [0.29, 0.717) is 17.2 Å². The fraction of sp³-hybridized carbons (Fsp3) is 0.176. The molecule has 112 valence electrons. The number of fused-ring (bicyclic) bond motifs is 1. The van der Waals surface area contributed by atoms with Crippen LogP contribution in [0.1, 0.15) is 16.7 Å². The number of anilines is 2. The minimum atomic E-state index is -0.864. The molecule has 0 radical (unpaired) electrons. The molecule has 1 aromatic heterocycles. The Morgan fingerprint density at radius 3 is 2.73 bits per heavy atom. The quantitative estimate of drug-likeness (QED) is 0.765. The Bertz CT molecular complexity index is 852. The van der Waals surface area contributed by atoms with Crippen molar-refractivity contribution in [3.63, 3.8) is 0 Å². The number of hydrogen-bond donors (Lipinski definition) is 2. The molecule has 5 nitrogen and oxygen atoms in total. The number of nitrogens with zero attached hydrogens (tertiary/aromatic N) is 1. The Hall–Kier alpha value is -2.82. The van der Waals surface area contributed by atoms with Gasteiger partial charge in [0.05, 0.1) is 6.42 Å². The molecule has 0 saturated heterocycles. The first-order valence-electron chi connectivity index (χ1n) is 6.97. The number of para-hydroxylation sites is 1. The number of hydrogen-bond acceptors (Lipinski definition) is 4. The van der Waals surface area contributed by atoms with Crippen molar-refractivity contribution in [1.82, 2.24) is 4.98 Å². The van der Waals surface area contributed by atoms with Gasteiger partial charge in [-0.25, -0.2) is 0 Å². The Kier molecular flexibility index (Phi) is 3.55. The van der Waals surface area contributed by atoms with Crippen LogP contribution in [0.4, 0.5) is 11.7 Å². The lowest BCUT2D eigenvalue weighted by Crippen LogP contribution is -2.00. The maximum Gasteiger partial charge on any atom is 0.307 e. The van der Waals surface area contributed by atoms with E-state index < -0.39 is 5.97 Å². The second kappa shape index (κ2) is 5.52. The number of benzene rings is 2. The molecule has 2 N–H and O–H groups in total. The maximum absolute atomic E-state index is 10.8. The molecule has 0 unspecified atom stereocenters. The van der Waals surface area contributed by atoms with E-state index in [9.17, 15) is 4.79 Å². The number of aromatic nitrogens is 1. The monoisotopic (exact) mass is 296 g/mol. The molecule has 3 aromatic rings. The summed E-state index contributed by atoms with van der Waals surface area (Å²) in [6, 6.07) is 11.8. The van der Waals surface area contributed by atoms with Gasteiger partial charge < -0.3 is 14.8 Å². The molecule has 0 atom stereocenters. The lowest BCUT2D eigenvalue weighted by molar-refractivity contribution is -0.136. The number of carboxylic acids is 1. The van der Waals surface area contributed by atoms with E-state index in [4.69, 9.17) is 9.52 Å². The molecule has 0 bridgehead atoms. The Balaban J connectivity index is 1.97. The van der Waals surface area contributed by atoms with Crippen LogP contribution in [0.25, 0.3) is 11.1 Å². The Morgan fingerprint density at radius 1 is 1.23 bits per heavy atom. The number of carboxylic acid groups (broad SMARTS) is 1. The number of aliphatic carboxylic acids is 1. The van der Waals surface area contributed by atoms with Crippen molar-refractivity contribution < 1.29 is 14.3 Å². The van der Waals surface area contributed by atoms with E-state index in [2.05, 4.69) is 10.3 Å². The van der Waals surface area contributed by atoms with Crippen molar-refractivity contribution >= 4 is 28.8 Å². The Labute approximate surface area is 127 Å². The van der Waals surface area contributed by atoms with Crippen LogP contribution in [0.15, 0.2) is 40.8 Å². The van der Waals surface area contributed by atoms with Crippen LogP contribution in [0.3, 0.4) is 0 Å². The van der Waals surface area contributed by atoms with Gasteiger partial charge in [0.25, 0.3) is 6.01 Å². The average molecular weight is 296 g/mol. The van der Waals surface area contributed by atoms with Crippen LogP contribution in [0, 0.1) is 13.8 Å². The average Bonchev–Trinajstić information content (AvgIpc) is 2.84. The Morgan fingerprint density at radius 2 is 2.00 bits per heavy atom. The largest absolute Gasteiger partial charge is 0.481 e. The van der Waals surface area contributed by atoms with Gasteiger partial charge in [-0.2, -0.15) is 4.98 Å². The van der Waals surface area contributed by atoms with E-state index in [1.807, 2.05) is 44.2 Å². The molecule has 0 fully saturated rings. The molecule has 0 amide bonds. The third kappa shape index (κ3) is 2.79. The summed E-state index contributed by atoms with van der Waals surface area (Å²) in [7, 11) is 0. The molecule has 0 aliphatic carbocycles. The van der Waals surface area contributed by atoms with Gasteiger partial charge in [-0.1, -0.05) is 24.3 Å². The highest BCUT2D eigenvalue weighted by Crippen LogP contribution is 2.27. The molecular formula is C17H16N2O3. The van der Waals surface area contributed by atoms with Gasteiger partial charge in [-0.3, -0.25) is 4.79 Å². The van der Waals surface area contributed by atoms with Crippen LogP contribution in [0.2, 0.25) is 0 Å². The number of aryl methyl sites for hydroxylation is 2. The third-order valence-corrected chi connectivity index (χ3v) is 3.49. The molecule has 0 aliphatic rings. The van der Waals surface area contributed by atoms with Gasteiger partial charge in [0.15, 0.2) is 5.58 Å². The fourth-order valence-corrected chi connectivity index (χ4v) is 2.43. The van der Waals surface area contributed by atoms with Crippen molar-refractivity contribution in [2.45, 2.75) is 20.3 Å². The van der Waals surface area contributed by atoms with Gasteiger partial charge in [0.1, 0.15) is 5.52 Å². The van der Waals surface area contributed by atoms with Crippen LogP contribution >= 0.6 is 0 Å². The van der Waals surface area contributed by atoms with E-state index >= 15 is 0 Å². The van der Waals surface area contributed by atoms with Crippen molar-refractivity contribution in [2.75, 3.05) is 5.32 Å². The number of carbonyl (C=O) groups is 1. The van der Waals surface area contributed by atoms with Gasteiger partial charge in [0, 0.05) is 5.69 Å². The van der Waals surface area contributed by atoms with Crippen molar-refractivity contribution in [3.8, 4) is 0 Å². The first kappa shape index (κ1) is 14.1. The van der Waals surface area contributed by atoms with Gasteiger partial charge in [0.2, 0.25) is 0 Å². The summed E-state index contributed by atoms with van der Waals surface area (Å²) < 4.78 is 5.71. The van der Waals surface area contributed by atoms with E-state index in [1.165, 1.54) is 0 Å². The smallest absolute Gasteiger partial charge is 0.307 e. The highest BCUT2D eigenvalue weighted by Gasteiger charge is 2.12. The topological polar surface area (TPSA) is 75.4 Å². The van der Waals surface area contributed by atoms with Crippen LogP contribution < -0.4 is 5.32 Å². The summed E-state index contributed by atoms with van der Waals surface area (Å²) in [5.74, 6) is -0.864. The summed E-state index contributed by atoms with van der Waals surface area (Å²) >= 11 is 0. The molecule has 22 heavy (non-hydrogen) atoms. The van der Waals surface area contributed by atoms with Crippen LogP contribution in [-0.4, -0.2) is 16.1 Å². The summed E-state index contributed by atoms with van der Waals surface area (Å²) in [4.78, 5) is 15.3. The zero-order valence-electron chi connectivity index (χ0n) is 12.4. The predicted octanol–water partition coefficient (Wildman–Crippen LogP) is 3.82. The molecule has 0 aliphatic heterocycles. The second-order valence-corrected chi connectivity index (χ2v) is 5.29. The lowest BCUT2D eigenvalue weighted by atomic mass is 10.1. The minimum absolute atomic E-state index is 0.0297. The SMILES string of the molecule is Cc1ccccc1Nc1nc2c(C)cc(CC(=O)O)cc2o1. The maximum atomic E-state index is 10.8. The third-order valence-electron chi connectivity index (χ3n) is 3.49. The van der Waals surface area contributed by atoms with Gasteiger partial charge in [-0.05, 0) is 42.7 Å². The normalized spacial score (nSPS) is 10.8. The predicted molar refractivity (Wildman–Crippen MR) is 84.5 cm³/mol.